The van der Waals surface area contributed by atoms with Crippen LogP contribution in [0.5, 0.6) is 0 Å². The Kier molecular flexibility index (Phi) is 8.24. The van der Waals surface area contributed by atoms with Gasteiger partial charge in [0.2, 0.25) is 0 Å². The van der Waals surface area contributed by atoms with E-state index in [1.165, 1.54) is 37.8 Å². The van der Waals surface area contributed by atoms with E-state index in [9.17, 15) is 0 Å². The van der Waals surface area contributed by atoms with Gasteiger partial charge in [0.25, 0.3) is 6.71 Å². The van der Waals surface area contributed by atoms with Gasteiger partial charge in [0.15, 0.2) is 0 Å². The molecular formula is C20H33BN2. The summed E-state index contributed by atoms with van der Waals surface area (Å²) in [6.45, 7) is 7.79. The minimum absolute atomic E-state index is 0. The van der Waals surface area contributed by atoms with E-state index in [4.69, 9.17) is 5.26 Å². The van der Waals surface area contributed by atoms with Gasteiger partial charge in [-0.05, 0) is 50.9 Å². The minimum Gasteiger partial charge on any atom is -0.368 e. The zero-order chi connectivity index (χ0) is 15.9. The normalized spacial score (nSPS) is 21.2. The van der Waals surface area contributed by atoms with Crippen molar-refractivity contribution in [1.82, 2.24) is 4.90 Å². The zero-order valence-corrected chi connectivity index (χ0v) is 14.4. The molecule has 0 radical (unpaired) electrons. The van der Waals surface area contributed by atoms with Crippen LogP contribution in [0.15, 0.2) is 35.1 Å². The molecule has 126 valence electrons. The number of nitrogens with zero attached hydrogens (tertiary/aromatic N) is 2. The number of hydrogen-bond donors (Lipinski definition) is 0. The second-order valence-electron chi connectivity index (χ2n) is 6.28. The number of rotatable bonds is 2. The van der Waals surface area contributed by atoms with Gasteiger partial charge in [0, 0.05) is 18.2 Å². The average Bonchev–Trinajstić information content (AvgIpc) is 2.62. The van der Waals surface area contributed by atoms with Crippen LogP contribution in [-0.2, 0) is 0 Å². The molecule has 1 aliphatic carbocycles. The Labute approximate surface area is 144 Å². The lowest BCUT2D eigenvalue weighted by molar-refractivity contribution is 0.266. The van der Waals surface area contributed by atoms with Crippen LogP contribution in [0.25, 0.3) is 0 Å². The second-order valence-corrected chi connectivity index (χ2v) is 6.28. The summed E-state index contributed by atoms with van der Waals surface area (Å²) in [5.41, 5.74) is 4.61. The highest BCUT2D eigenvalue weighted by molar-refractivity contribution is 6.67. The van der Waals surface area contributed by atoms with Crippen molar-refractivity contribution in [3.05, 3.63) is 35.1 Å². The molecule has 0 spiro atoms. The Morgan fingerprint density at radius 3 is 2.70 bits per heavy atom. The topological polar surface area (TPSA) is 27.0 Å². The standard InChI is InChI=1S/C17H23BN2.C2H6.CH4/c1-14(15-6-3-2-4-7-15)20-11-5-8-16-12-18(13-19)10-9-17(16)20;1-2;/h3,6-7,14H,2,4-5,8-12H2,1H3;1-2H3;1H4. The van der Waals surface area contributed by atoms with Crippen molar-refractivity contribution in [1.29, 1.82) is 5.26 Å². The maximum absolute atomic E-state index is 9.16. The van der Waals surface area contributed by atoms with Gasteiger partial charge in [0.05, 0.1) is 6.04 Å². The lowest BCUT2D eigenvalue weighted by Gasteiger charge is -2.41. The molecule has 1 atom stereocenters. The molecule has 0 aromatic heterocycles. The van der Waals surface area contributed by atoms with Crippen LogP contribution in [-0.4, -0.2) is 24.2 Å². The van der Waals surface area contributed by atoms with E-state index in [1.54, 1.807) is 11.3 Å². The molecule has 0 aromatic rings. The van der Waals surface area contributed by atoms with Crippen LogP contribution in [0.2, 0.25) is 12.6 Å². The van der Waals surface area contributed by atoms with Gasteiger partial charge in [-0.1, -0.05) is 51.4 Å². The molecule has 3 rings (SSSR count). The minimum atomic E-state index is 0. The third kappa shape index (κ3) is 4.53. The Balaban J connectivity index is 0.000000849. The monoisotopic (exact) mass is 312 g/mol. The van der Waals surface area contributed by atoms with Crippen LogP contribution in [0, 0.1) is 11.2 Å². The summed E-state index contributed by atoms with van der Waals surface area (Å²) >= 11 is 0. The van der Waals surface area contributed by atoms with Gasteiger partial charge in [-0.2, -0.15) is 0 Å². The predicted octanol–water partition coefficient (Wildman–Crippen LogP) is 5.62. The van der Waals surface area contributed by atoms with Crippen LogP contribution >= 0.6 is 0 Å². The van der Waals surface area contributed by atoms with Gasteiger partial charge < -0.3 is 4.90 Å². The first-order valence-electron chi connectivity index (χ1n) is 9.03. The highest BCUT2D eigenvalue weighted by Gasteiger charge is 2.31. The summed E-state index contributed by atoms with van der Waals surface area (Å²) in [5, 5.41) is 9.16. The van der Waals surface area contributed by atoms with Gasteiger partial charge in [-0.15, -0.1) is 0 Å². The van der Waals surface area contributed by atoms with Crippen molar-refractivity contribution in [3.63, 3.8) is 0 Å². The molecule has 0 N–H and O–H groups in total. The van der Waals surface area contributed by atoms with Gasteiger partial charge in [-0.3, -0.25) is 0 Å². The van der Waals surface area contributed by atoms with Crippen LogP contribution in [0.3, 0.4) is 0 Å². The maximum Gasteiger partial charge on any atom is 0.272 e. The average molecular weight is 312 g/mol. The van der Waals surface area contributed by atoms with Gasteiger partial charge in [-0.25, -0.2) is 5.26 Å². The molecule has 1 unspecified atom stereocenters. The lowest BCUT2D eigenvalue weighted by atomic mass is 9.42. The molecule has 23 heavy (non-hydrogen) atoms. The highest BCUT2D eigenvalue weighted by atomic mass is 15.2. The Bertz CT molecular complexity index is 510. The highest BCUT2D eigenvalue weighted by Crippen LogP contribution is 2.37. The summed E-state index contributed by atoms with van der Waals surface area (Å²) in [6, 6.07) is 0.496. The molecule has 2 nitrogen and oxygen atoms in total. The van der Waals surface area contributed by atoms with E-state index >= 15 is 0 Å². The zero-order valence-electron chi connectivity index (χ0n) is 14.4. The van der Waals surface area contributed by atoms with E-state index in [-0.39, 0.29) is 14.1 Å². The molecule has 3 aliphatic rings. The second kappa shape index (κ2) is 9.66. The van der Waals surface area contributed by atoms with Crippen LogP contribution in [0.1, 0.15) is 60.3 Å². The molecule has 2 aliphatic heterocycles. The first-order chi connectivity index (χ1) is 10.8. The quantitative estimate of drug-likeness (QED) is 0.618. The summed E-state index contributed by atoms with van der Waals surface area (Å²) in [7, 11) is 0. The summed E-state index contributed by atoms with van der Waals surface area (Å²) in [5.74, 6) is 2.47. The molecule has 0 aromatic carbocycles. The van der Waals surface area contributed by atoms with Crippen molar-refractivity contribution in [2.45, 2.75) is 79.0 Å². The SMILES string of the molecule is C.CC.CC(C1=CCCC=C1)N1CCCC2=C1CCB(C#N)C2. The molecule has 0 saturated heterocycles. The smallest absolute Gasteiger partial charge is 0.272 e. The molecule has 2 heterocycles. The third-order valence-corrected chi connectivity index (χ3v) is 5.01. The Hall–Kier alpha value is -1.43. The fourth-order valence-electron chi connectivity index (χ4n) is 3.86. The largest absolute Gasteiger partial charge is 0.368 e. The summed E-state index contributed by atoms with van der Waals surface area (Å²) in [6.07, 6.45) is 15.0. The van der Waals surface area contributed by atoms with Crippen molar-refractivity contribution >= 4 is 6.71 Å². The first kappa shape index (κ1) is 19.6. The van der Waals surface area contributed by atoms with Crippen molar-refractivity contribution in [2.75, 3.05) is 6.54 Å². The molecule has 0 amide bonds. The van der Waals surface area contributed by atoms with Crippen molar-refractivity contribution in [2.24, 2.45) is 0 Å². The number of hydrogen-bond acceptors (Lipinski definition) is 2. The summed E-state index contributed by atoms with van der Waals surface area (Å²) < 4.78 is 0. The molecule has 0 fully saturated rings. The molecular weight excluding hydrogens is 279 g/mol. The maximum atomic E-state index is 9.16. The number of allylic oxidation sites excluding steroid dienone is 4. The van der Waals surface area contributed by atoms with Crippen LogP contribution in [0.4, 0.5) is 0 Å². The summed E-state index contributed by atoms with van der Waals surface area (Å²) in [4.78, 5) is 2.62. The van der Waals surface area contributed by atoms with E-state index < -0.39 is 0 Å². The molecule has 3 heteroatoms. The fraction of sp³-hybridized carbons (Fsp3) is 0.650. The van der Waals surface area contributed by atoms with Gasteiger partial charge >= 0.3 is 0 Å². The van der Waals surface area contributed by atoms with Crippen molar-refractivity contribution < 1.29 is 0 Å². The van der Waals surface area contributed by atoms with E-state index in [0.29, 0.717) is 6.04 Å². The molecule has 0 bridgehead atoms. The molecule has 0 saturated carbocycles. The third-order valence-electron chi connectivity index (χ3n) is 5.01. The van der Waals surface area contributed by atoms with E-state index in [0.717, 1.165) is 19.1 Å². The van der Waals surface area contributed by atoms with E-state index in [1.807, 2.05) is 13.8 Å². The lowest BCUT2D eigenvalue weighted by Crippen LogP contribution is -2.39. The van der Waals surface area contributed by atoms with Crippen molar-refractivity contribution in [3.8, 4) is 5.97 Å². The first-order valence-corrected chi connectivity index (χ1v) is 9.03. The fourth-order valence-corrected chi connectivity index (χ4v) is 3.86. The van der Waals surface area contributed by atoms with Crippen LogP contribution < -0.4 is 0 Å². The van der Waals surface area contributed by atoms with E-state index in [2.05, 4.69) is 36.0 Å². The van der Waals surface area contributed by atoms with Gasteiger partial charge in [0.1, 0.15) is 0 Å². The Morgan fingerprint density at radius 1 is 1.26 bits per heavy atom. The Morgan fingerprint density at radius 2 is 2.04 bits per heavy atom. The number of nitriles is 1. The predicted molar refractivity (Wildman–Crippen MR) is 103 cm³/mol.